The van der Waals surface area contributed by atoms with E-state index in [4.69, 9.17) is 5.73 Å². The van der Waals surface area contributed by atoms with Crippen molar-refractivity contribution in [2.45, 2.75) is 6.92 Å². The molecule has 28 heavy (non-hydrogen) atoms. The number of aromatic amines is 1. The van der Waals surface area contributed by atoms with E-state index in [9.17, 15) is 9.90 Å². The van der Waals surface area contributed by atoms with E-state index >= 15 is 0 Å². The SMILES string of the molecule is Cc1cc(N2CCN(C(=O)c3cc(-c4ccccc4O)n[nH]3)CC2)nc(N)n1. The molecule has 0 bridgehead atoms. The van der Waals surface area contributed by atoms with Gasteiger partial charge in [-0.15, -0.1) is 0 Å². The first-order valence-electron chi connectivity index (χ1n) is 9.00. The Kier molecular flexibility index (Phi) is 4.56. The number of nitrogens with two attached hydrogens (primary N) is 1. The van der Waals surface area contributed by atoms with Gasteiger partial charge in [-0.3, -0.25) is 9.89 Å². The van der Waals surface area contributed by atoms with E-state index in [1.165, 1.54) is 0 Å². The number of para-hydroxylation sites is 1. The molecule has 0 aliphatic carbocycles. The average Bonchev–Trinajstić information content (AvgIpc) is 3.17. The number of aromatic nitrogens is 4. The van der Waals surface area contributed by atoms with Crippen LogP contribution in [0.2, 0.25) is 0 Å². The number of benzene rings is 1. The van der Waals surface area contributed by atoms with Crippen molar-refractivity contribution >= 4 is 17.7 Å². The van der Waals surface area contributed by atoms with Gasteiger partial charge < -0.3 is 20.6 Å². The quantitative estimate of drug-likeness (QED) is 0.629. The molecule has 3 aromatic rings. The normalized spacial score (nSPS) is 14.3. The van der Waals surface area contributed by atoms with Crippen LogP contribution >= 0.6 is 0 Å². The highest BCUT2D eigenvalue weighted by Gasteiger charge is 2.25. The monoisotopic (exact) mass is 379 g/mol. The van der Waals surface area contributed by atoms with Crippen LogP contribution in [0.25, 0.3) is 11.3 Å². The van der Waals surface area contributed by atoms with E-state index in [0.717, 1.165) is 11.5 Å². The molecule has 0 spiro atoms. The van der Waals surface area contributed by atoms with Gasteiger partial charge >= 0.3 is 0 Å². The molecule has 1 aliphatic heterocycles. The standard InChI is InChI=1S/C19H21N7O2/c1-12-10-17(22-19(20)21-12)25-6-8-26(9-7-25)18(28)15-11-14(23-24-15)13-4-2-3-5-16(13)27/h2-5,10-11,27H,6-9H2,1H3,(H,23,24)(H2,20,21,22). The van der Waals surface area contributed by atoms with Crippen molar-refractivity contribution < 1.29 is 9.90 Å². The molecule has 1 aromatic carbocycles. The number of piperazine rings is 1. The molecule has 9 heteroatoms. The van der Waals surface area contributed by atoms with E-state index in [1.54, 1.807) is 29.2 Å². The maximum atomic E-state index is 12.8. The fourth-order valence-corrected chi connectivity index (χ4v) is 3.30. The average molecular weight is 379 g/mol. The number of anilines is 2. The second kappa shape index (κ2) is 7.18. The number of H-pyrrole nitrogens is 1. The van der Waals surface area contributed by atoms with Crippen molar-refractivity contribution in [2.75, 3.05) is 36.8 Å². The minimum atomic E-state index is -0.118. The zero-order chi connectivity index (χ0) is 19.7. The zero-order valence-electron chi connectivity index (χ0n) is 15.5. The number of aromatic hydroxyl groups is 1. The Morgan fingerprint density at radius 1 is 1.14 bits per heavy atom. The number of nitrogen functional groups attached to an aromatic ring is 1. The summed E-state index contributed by atoms with van der Waals surface area (Å²) in [4.78, 5) is 25.0. The molecule has 4 rings (SSSR count). The predicted molar refractivity (Wildman–Crippen MR) is 105 cm³/mol. The molecule has 144 valence electrons. The summed E-state index contributed by atoms with van der Waals surface area (Å²) in [6.45, 7) is 4.31. The number of phenols is 1. The largest absolute Gasteiger partial charge is 0.507 e. The van der Waals surface area contributed by atoms with Gasteiger partial charge in [0.1, 0.15) is 17.3 Å². The van der Waals surface area contributed by atoms with Gasteiger partial charge in [0.15, 0.2) is 0 Å². The minimum Gasteiger partial charge on any atom is -0.507 e. The lowest BCUT2D eigenvalue weighted by Crippen LogP contribution is -2.49. The van der Waals surface area contributed by atoms with Crippen molar-refractivity contribution in [2.24, 2.45) is 0 Å². The van der Waals surface area contributed by atoms with Crippen LogP contribution in [0, 0.1) is 6.92 Å². The summed E-state index contributed by atoms with van der Waals surface area (Å²) in [5.41, 5.74) is 8.07. The van der Waals surface area contributed by atoms with Gasteiger partial charge in [0.05, 0.1) is 5.69 Å². The molecule has 0 atom stereocenters. The van der Waals surface area contributed by atoms with E-state index in [-0.39, 0.29) is 17.6 Å². The summed E-state index contributed by atoms with van der Waals surface area (Å²) in [6, 6.07) is 10.5. The highest BCUT2D eigenvalue weighted by atomic mass is 16.3. The van der Waals surface area contributed by atoms with E-state index in [0.29, 0.717) is 43.1 Å². The number of phenolic OH excluding ortho intramolecular Hbond substituents is 1. The molecule has 0 saturated carbocycles. The topological polar surface area (TPSA) is 124 Å². The summed E-state index contributed by atoms with van der Waals surface area (Å²) in [5, 5.41) is 16.9. The van der Waals surface area contributed by atoms with Crippen LogP contribution in [-0.2, 0) is 0 Å². The van der Waals surface area contributed by atoms with Crippen molar-refractivity contribution in [1.29, 1.82) is 0 Å². The second-order valence-electron chi connectivity index (χ2n) is 6.69. The van der Waals surface area contributed by atoms with Crippen LogP contribution < -0.4 is 10.6 Å². The Hall–Kier alpha value is -3.62. The number of aryl methyl sites for hydroxylation is 1. The Bertz CT molecular complexity index is 989. The van der Waals surface area contributed by atoms with Crippen molar-refractivity contribution in [3.05, 3.63) is 47.8 Å². The molecule has 2 aromatic heterocycles. The number of nitrogens with zero attached hydrogens (tertiary/aromatic N) is 5. The molecular formula is C19H21N7O2. The summed E-state index contributed by atoms with van der Waals surface area (Å²) < 4.78 is 0. The Balaban J connectivity index is 1.44. The molecule has 1 saturated heterocycles. The summed E-state index contributed by atoms with van der Waals surface area (Å²) in [5.74, 6) is 1.04. The number of carbonyl (C=O) groups excluding carboxylic acids is 1. The van der Waals surface area contributed by atoms with E-state index in [1.807, 2.05) is 19.1 Å². The number of rotatable bonds is 3. The molecule has 4 N–H and O–H groups in total. The minimum absolute atomic E-state index is 0.118. The van der Waals surface area contributed by atoms with E-state index < -0.39 is 0 Å². The third-order valence-corrected chi connectivity index (χ3v) is 4.74. The molecule has 1 amide bonds. The van der Waals surface area contributed by atoms with Gasteiger partial charge in [-0.2, -0.15) is 10.1 Å². The van der Waals surface area contributed by atoms with Gasteiger partial charge in [-0.1, -0.05) is 12.1 Å². The number of hydrogen-bond acceptors (Lipinski definition) is 7. The maximum Gasteiger partial charge on any atom is 0.272 e. The molecule has 3 heterocycles. The number of hydrogen-bond donors (Lipinski definition) is 3. The first-order valence-corrected chi connectivity index (χ1v) is 9.00. The Morgan fingerprint density at radius 3 is 2.61 bits per heavy atom. The van der Waals surface area contributed by atoms with Gasteiger partial charge in [-0.05, 0) is 25.1 Å². The fourth-order valence-electron chi connectivity index (χ4n) is 3.30. The van der Waals surface area contributed by atoms with Gasteiger partial charge in [0.25, 0.3) is 5.91 Å². The number of nitrogens with one attached hydrogen (secondary N) is 1. The molecule has 0 radical (unpaired) electrons. The maximum absolute atomic E-state index is 12.8. The van der Waals surface area contributed by atoms with Crippen LogP contribution in [0.4, 0.5) is 11.8 Å². The number of carbonyl (C=O) groups is 1. The van der Waals surface area contributed by atoms with Crippen molar-refractivity contribution in [3.8, 4) is 17.0 Å². The van der Waals surface area contributed by atoms with Gasteiger partial charge in [0.2, 0.25) is 5.95 Å². The molecule has 1 fully saturated rings. The predicted octanol–water partition coefficient (Wildman–Crippen LogP) is 1.43. The molecule has 0 unspecified atom stereocenters. The first-order chi connectivity index (χ1) is 13.5. The Labute approximate surface area is 161 Å². The smallest absolute Gasteiger partial charge is 0.272 e. The van der Waals surface area contributed by atoms with Crippen molar-refractivity contribution in [3.63, 3.8) is 0 Å². The van der Waals surface area contributed by atoms with E-state index in [2.05, 4.69) is 25.1 Å². The van der Waals surface area contributed by atoms with Gasteiger partial charge in [0, 0.05) is 43.5 Å². The molecule has 1 aliphatic rings. The first kappa shape index (κ1) is 17.8. The number of amides is 1. The van der Waals surface area contributed by atoms with Crippen LogP contribution in [-0.4, -0.2) is 62.3 Å². The molecular weight excluding hydrogens is 358 g/mol. The molecule has 9 nitrogen and oxygen atoms in total. The third-order valence-electron chi connectivity index (χ3n) is 4.74. The zero-order valence-corrected chi connectivity index (χ0v) is 15.5. The fraction of sp³-hybridized carbons (Fsp3) is 0.263. The third kappa shape index (κ3) is 3.46. The summed E-state index contributed by atoms with van der Waals surface area (Å²) in [6.07, 6.45) is 0. The van der Waals surface area contributed by atoms with Crippen LogP contribution in [0.3, 0.4) is 0 Å². The van der Waals surface area contributed by atoms with Crippen LogP contribution in [0.5, 0.6) is 5.75 Å². The van der Waals surface area contributed by atoms with Crippen LogP contribution in [0.15, 0.2) is 36.4 Å². The highest BCUT2D eigenvalue weighted by molar-refractivity contribution is 5.93. The summed E-state index contributed by atoms with van der Waals surface area (Å²) in [7, 11) is 0. The summed E-state index contributed by atoms with van der Waals surface area (Å²) >= 11 is 0. The second-order valence-corrected chi connectivity index (χ2v) is 6.69. The lowest BCUT2D eigenvalue weighted by Gasteiger charge is -2.35. The lowest BCUT2D eigenvalue weighted by atomic mass is 10.1. The van der Waals surface area contributed by atoms with Crippen molar-refractivity contribution in [1.82, 2.24) is 25.1 Å². The highest BCUT2D eigenvalue weighted by Crippen LogP contribution is 2.27. The lowest BCUT2D eigenvalue weighted by molar-refractivity contribution is 0.0740. The van der Waals surface area contributed by atoms with Gasteiger partial charge in [-0.25, -0.2) is 4.98 Å². The van der Waals surface area contributed by atoms with Crippen LogP contribution in [0.1, 0.15) is 16.2 Å². The Morgan fingerprint density at radius 2 is 1.89 bits per heavy atom.